The quantitative estimate of drug-likeness (QED) is 0.202. The Bertz CT molecular complexity index is 543. The summed E-state index contributed by atoms with van der Waals surface area (Å²) >= 11 is 0. The number of hydrogen-bond donors (Lipinski definition) is 1. The van der Waals surface area contributed by atoms with Crippen LogP contribution in [0.4, 0.5) is 0 Å². The van der Waals surface area contributed by atoms with Crippen LogP contribution >= 0.6 is 24.0 Å². The van der Waals surface area contributed by atoms with Gasteiger partial charge in [-0.15, -0.1) is 24.0 Å². The first-order valence-corrected chi connectivity index (χ1v) is 12.8. The van der Waals surface area contributed by atoms with Gasteiger partial charge in [0.05, 0.1) is 12.6 Å². The van der Waals surface area contributed by atoms with Crippen molar-refractivity contribution in [2.24, 2.45) is 4.99 Å². The van der Waals surface area contributed by atoms with Crippen molar-refractivity contribution in [3.63, 3.8) is 0 Å². The van der Waals surface area contributed by atoms with Gasteiger partial charge < -0.3 is 19.9 Å². The molecule has 1 amide bonds. The lowest BCUT2D eigenvalue weighted by atomic mass is 9.98. The van der Waals surface area contributed by atoms with Crippen molar-refractivity contribution in [2.45, 2.75) is 76.7 Å². The van der Waals surface area contributed by atoms with Crippen LogP contribution in [0, 0.1) is 0 Å². The van der Waals surface area contributed by atoms with E-state index in [0.29, 0.717) is 18.6 Å². The van der Waals surface area contributed by atoms with E-state index in [4.69, 9.17) is 4.74 Å². The average molecular weight is 564 g/mol. The third-order valence-electron chi connectivity index (χ3n) is 6.96. The second-order valence-electron chi connectivity index (χ2n) is 9.37. The molecule has 0 aromatic heterocycles. The highest BCUT2D eigenvalue weighted by Gasteiger charge is 2.24. The highest BCUT2D eigenvalue weighted by molar-refractivity contribution is 14.0. The summed E-state index contributed by atoms with van der Waals surface area (Å²) in [5.74, 6) is 1.31. The maximum atomic E-state index is 12.5. The van der Waals surface area contributed by atoms with E-state index in [-0.39, 0.29) is 24.0 Å². The monoisotopic (exact) mass is 563 g/mol. The predicted octanol–water partition coefficient (Wildman–Crippen LogP) is 3.33. The number of amides is 1. The highest BCUT2D eigenvalue weighted by atomic mass is 127. The molecule has 3 aliphatic rings. The van der Waals surface area contributed by atoms with Crippen molar-refractivity contribution in [2.75, 3.05) is 66.0 Å². The number of likely N-dealkylation sites (tertiary alicyclic amines) is 1. The summed E-state index contributed by atoms with van der Waals surface area (Å²) in [5, 5.41) is 3.53. The number of piperidine rings is 1. The van der Waals surface area contributed by atoms with Crippen LogP contribution in [0.2, 0.25) is 0 Å². The zero-order valence-corrected chi connectivity index (χ0v) is 22.6. The molecule has 32 heavy (non-hydrogen) atoms. The highest BCUT2D eigenvalue weighted by Crippen LogP contribution is 2.20. The summed E-state index contributed by atoms with van der Waals surface area (Å²) in [5.41, 5.74) is 0. The number of nitrogens with one attached hydrogen (secondary N) is 1. The molecule has 1 saturated carbocycles. The van der Waals surface area contributed by atoms with E-state index in [1.807, 2.05) is 7.05 Å². The van der Waals surface area contributed by atoms with Gasteiger partial charge in [-0.3, -0.25) is 14.7 Å². The van der Waals surface area contributed by atoms with Crippen molar-refractivity contribution in [1.82, 2.24) is 20.0 Å². The lowest BCUT2D eigenvalue weighted by molar-refractivity contribution is -0.133. The molecule has 0 unspecified atom stereocenters. The van der Waals surface area contributed by atoms with Gasteiger partial charge in [0.2, 0.25) is 5.91 Å². The summed E-state index contributed by atoms with van der Waals surface area (Å²) < 4.78 is 6.02. The number of piperazine rings is 1. The zero-order valence-electron chi connectivity index (χ0n) is 20.2. The lowest BCUT2D eigenvalue weighted by Gasteiger charge is -2.37. The molecule has 186 valence electrons. The molecule has 3 rings (SSSR count). The summed E-state index contributed by atoms with van der Waals surface area (Å²) in [7, 11) is 1.87. The van der Waals surface area contributed by atoms with Crippen LogP contribution in [0.3, 0.4) is 0 Å². The van der Waals surface area contributed by atoms with Gasteiger partial charge in [0.15, 0.2) is 5.96 Å². The zero-order chi connectivity index (χ0) is 21.7. The van der Waals surface area contributed by atoms with E-state index in [0.717, 1.165) is 84.1 Å². The van der Waals surface area contributed by atoms with Crippen LogP contribution in [0.25, 0.3) is 0 Å². The fourth-order valence-corrected chi connectivity index (χ4v) is 4.97. The minimum absolute atomic E-state index is 0. The number of carbonyl (C=O) groups excluding carboxylic acids is 1. The van der Waals surface area contributed by atoms with Crippen LogP contribution < -0.4 is 5.32 Å². The Hall–Kier alpha value is -0.610. The van der Waals surface area contributed by atoms with Gasteiger partial charge in [0, 0.05) is 59.5 Å². The van der Waals surface area contributed by atoms with Gasteiger partial charge in [0.1, 0.15) is 0 Å². The molecule has 2 saturated heterocycles. The standard InChI is InChI=1S/C24H45N5O2.HI/c1-25-24(26-13-7-3-10-20-31-22-11-5-2-6-12-22)29-18-16-27(17-19-29)21-23(30)28-14-8-4-9-15-28;/h22H,2-21H2,1H3,(H,25,26);1H. The molecule has 1 N–H and O–H groups in total. The molecule has 1 aliphatic carbocycles. The Morgan fingerprint density at radius 2 is 1.56 bits per heavy atom. The summed E-state index contributed by atoms with van der Waals surface area (Å²) in [6, 6.07) is 0. The second-order valence-corrected chi connectivity index (χ2v) is 9.37. The van der Waals surface area contributed by atoms with E-state index < -0.39 is 0 Å². The van der Waals surface area contributed by atoms with Gasteiger partial charge in [-0.25, -0.2) is 0 Å². The molecule has 3 fully saturated rings. The molecular weight excluding hydrogens is 517 g/mol. The van der Waals surface area contributed by atoms with E-state index in [1.165, 1.54) is 44.9 Å². The minimum Gasteiger partial charge on any atom is -0.378 e. The smallest absolute Gasteiger partial charge is 0.236 e. The van der Waals surface area contributed by atoms with Crippen LogP contribution in [-0.2, 0) is 9.53 Å². The number of aliphatic imine (C=N–C) groups is 1. The first-order chi connectivity index (χ1) is 15.3. The lowest BCUT2D eigenvalue weighted by Crippen LogP contribution is -2.54. The Kier molecular flexibility index (Phi) is 13.9. The SMILES string of the molecule is CN=C(NCCCCCOC1CCCCC1)N1CCN(CC(=O)N2CCCCC2)CC1.I. The molecule has 8 heteroatoms. The summed E-state index contributed by atoms with van der Waals surface area (Å²) in [4.78, 5) is 23.7. The number of nitrogens with zero attached hydrogens (tertiary/aromatic N) is 4. The molecule has 2 heterocycles. The van der Waals surface area contributed by atoms with Crippen LogP contribution in [0.5, 0.6) is 0 Å². The van der Waals surface area contributed by atoms with Crippen LogP contribution in [-0.4, -0.2) is 98.7 Å². The Balaban J connectivity index is 0.00000363. The fourth-order valence-electron chi connectivity index (χ4n) is 4.97. The van der Waals surface area contributed by atoms with Crippen LogP contribution in [0.1, 0.15) is 70.6 Å². The molecule has 0 aromatic rings. The third kappa shape index (κ3) is 9.71. The fraction of sp³-hybridized carbons (Fsp3) is 0.917. The molecule has 0 atom stereocenters. The molecule has 7 nitrogen and oxygen atoms in total. The Morgan fingerprint density at radius 1 is 0.875 bits per heavy atom. The van der Waals surface area contributed by atoms with Crippen molar-refractivity contribution < 1.29 is 9.53 Å². The molecule has 0 radical (unpaired) electrons. The predicted molar refractivity (Wildman–Crippen MR) is 142 cm³/mol. The molecule has 0 aromatic carbocycles. The molecule has 2 aliphatic heterocycles. The average Bonchev–Trinajstić information content (AvgIpc) is 2.83. The van der Waals surface area contributed by atoms with Gasteiger partial charge in [0.25, 0.3) is 0 Å². The maximum Gasteiger partial charge on any atom is 0.236 e. The Labute approximate surface area is 212 Å². The van der Waals surface area contributed by atoms with Crippen LogP contribution in [0.15, 0.2) is 4.99 Å². The number of unbranched alkanes of at least 4 members (excludes halogenated alkanes) is 2. The minimum atomic E-state index is 0. The number of hydrogen-bond acceptors (Lipinski definition) is 4. The molecular formula is C24H46IN5O2. The topological polar surface area (TPSA) is 60.4 Å². The number of rotatable bonds is 9. The summed E-state index contributed by atoms with van der Waals surface area (Å²) in [6.07, 6.45) is 14.2. The van der Waals surface area contributed by atoms with Crippen molar-refractivity contribution in [3.8, 4) is 0 Å². The van der Waals surface area contributed by atoms with E-state index >= 15 is 0 Å². The number of halogens is 1. The second kappa shape index (κ2) is 16.1. The molecule has 0 bridgehead atoms. The first-order valence-electron chi connectivity index (χ1n) is 12.8. The number of guanidine groups is 1. The largest absolute Gasteiger partial charge is 0.378 e. The number of carbonyl (C=O) groups is 1. The van der Waals surface area contributed by atoms with Crippen molar-refractivity contribution in [1.29, 1.82) is 0 Å². The maximum absolute atomic E-state index is 12.5. The van der Waals surface area contributed by atoms with E-state index in [9.17, 15) is 4.79 Å². The first kappa shape index (κ1) is 27.6. The normalized spacial score (nSPS) is 21.3. The van der Waals surface area contributed by atoms with Gasteiger partial charge in [-0.1, -0.05) is 19.3 Å². The molecule has 0 spiro atoms. The van der Waals surface area contributed by atoms with Gasteiger partial charge in [-0.05, 0) is 51.4 Å². The van der Waals surface area contributed by atoms with Crippen molar-refractivity contribution >= 4 is 35.8 Å². The Morgan fingerprint density at radius 3 is 2.25 bits per heavy atom. The van der Waals surface area contributed by atoms with E-state index in [2.05, 4.69) is 25.0 Å². The number of ether oxygens (including phenoxy) is 1. The summed E-state index contributed by atoms with van der Waals surface area (Å²) in [6.45, 7) is 8.07. The van der Waals surface area contributed by atoms with E-state index in [1.54, 1.807) is 0 Å². The van der Waals surface area contributed by atoms with Gasteiger partial charge in [-0.2, -0.15) is 0 Å². The van der Waals surface area contributed by atoms with Gasteiger partial charge >= 0.3 is 0 Å². The third-order valence-corrected chi connectivity index (χ3v) is 6.96. The van der Waals surface area contributed by atoms with Crippen molar-refractivity contribution in [3.05, 3.63) is 0 Å².